The lowest BCUT2D eigenvalue weighted by Gasteiger charge is -2.21. The van der Waals surface area contributed by atoms with Crippen molar-refractivity contribution in [1.29, 1.82) is 0 Å². The molecule has 4 nitrogen and oxygen atoms in total. The smallest absolute Gasteiger partial charge is 0.213 e. The minimum absolute atomic E-state index is 0.536. The molecule has 2 unspecified atom stereocenters. The lowest BCUT2D eigenvalue weighted by atomic mass is 10.2. The summed E-state index contributed by atoms with van der Waals surface area (Å²) < 4.78 is 4.82. The van der Waals surface area contributed by atoms with Crippen molar-refractivity contribution in [1.82, 2.24) is 10.1 Å². The Labute approximate surface area is 99.2 Å². The minimum atomic E-state index is 0.536. The fraction of sp³-hybridized carbons (Fsp3) is 0.385. The molecule has 2 atom stereocenters. The van der Waals surface area contributed by atoms with Crippen molar-refractivity contribution in [2.45, 2.75) is 5.92 Å². The molecule has 0 N–H and O–H groups in total. The predicted octanol–water partition coefficient (Wildman–Crippen LogP) is 1.92. The Morgan fingerprint density at radius 2 is 1.88 bits per heavy atom. The monoisotopic (exact) mass is 227 g/mol. The third kappa shape index (κ3) is 1.37. The second-order valence-electron chi connectivity index (χ2n) is 4.88. The van der Waals surface area contributed by atoms with Crippen molar-refractivity contribution in [3.05, 3.63) is 42.5 Å². The van der Waals surface area contributed by atoms with E-state index < -0.39 is 0 Å². The van der Waals surface area contributed by atoms with Gasteiger partial charge in [-0.1, -0.05) is 23.4 Å². The molecule has 1 aliphatic carbocycles. The molecule has 0 amide bonds. The average Bonchev–Trinajstić information content (AvgIpc) is 2.84. The van der Waals surface area contributed by atoms with E-state index in [2.05, 4.69) is 45.4 Å². The van der Waals surface area contributed by atoms with Crippen LogP contribution in [0.4, 0.5) is 5.69 Å². The van der Waals surface area contributed by atoms with Gasteiger partial charge in [0, 0.05) is 24.7 Å². The molecule has 1 aliphatic heterocycles. The number of rotatable bonds is 2. The molecular weight excluding hydrogens is 214 g/mol. The van der Waals surface area contributed by atoms with E-state index in [9.17, 15) is 0 Å². The van der Waals surface area contributed by atoms with E-state index in [1.807, 2.05) is 0 Å². The molecule has 2 fully saturated rings. The van der Waals surface area contributed by atoms with Crippen LogP contribution >= 0.6 is 0 Å². The Morgan fingerprint density at radius 3 is 2.53 bits per heavy atom. The zero-order chi connectivity index (χ0) is 11.2. The number of fused-ring (bicyclic) bond motifs is 1. The van der Waals surface area contributed by atoms with Crippen LogP contribution in [0, 0.1) is 11.8 Å². The van der Waals surface area contributed by atoms with Gasteiger partial charge in [0.2, 0.25) is 6.39 Å². The van der Waals surface area contributed by atoms with Crippen molar-refractivity contribution < 1.29 is 4.52 Å². The van der Waals surface area contributed by atoms with Gasteiger partial charge in [0.05, 0.1) is 0 Å². The Balaban J connectivity index is 1.49. The maximum absolute atomic E-state index is 4.82. The molecule has 4 rings (SSSR count). The third-order valence-electron chi connectivity index (χ3n) is 3.99. The summed E-state index contributed by atoms with van der Waals surface area (Å²) in [7, 11) is 0. The highest BCUT2D eigenvalue weighted by molar-refractivity contribution is 5.49. The molecule has 0 spiro atoms. The van der Waals surface area contributed by atoms with Crippen LogP contribution in [0.15, 0.2) is 41.2 Å². The van der Waals surface area contributed by atoms with Gasteiger partial charge in [0.25, 0.3) is 0 Å². The number of piperidine rings is 1. The lowest BCUT2D eigenvalue weighted by molar-refractivity contribution is 0.408. The molecule has 2 aliphatic rings. The first-order chi connectivity index (χ1) is 8.43. The second kappa shape index (κ2) is 3.32. The first-order valence-corrected chi connectivity index (χ1v) is 6.00. The molecule has 2 heterocycles. The number of para-hydroxylation sites is 1. The van der Waals surface area contributed by atoms with Crippen LogP contribution in [0.5, 0.6) is 0 Å². The molecule has 1 saturated carbocycles. The van der Waals surface area contributed by atoms with Crippen molar-refractivity contribution in [2.24, 2.45) is 11.8 Å². The van der Waals surface area contributed by atoms with Crippen LogP contribution in [0.3, 0.4) is 0 Å². The standard InChI is InChI=1S/C13H13N3O/c1-2-4-9(5-3-1)16-6-10-11(7-16)12(10)13-14-8-17-15-13/h1-5,8,10-12H,6-7H2. The topological polar surface area (TPSA) is 42.2 Å². The average molecular weight is 227 g/mol. The summed E-state index contributed by atoms with van der Waals surface area (Å²) in [4.78, 5) is 6.61. The summed E-state index contributed by atoms with van der Waals surface area (Å²) in [5, 5.41) is 3.95. The molecule has 1 saturated heterocycles. The SMILES string of the molecule is c1ccc(N2CC3C(C2)C3c2ncon2)cc1. The highest BCUT2D eigenvalue weighted by Crippen LogP contribution is 2.57. The number of benzene rings is 1. The second-order valence-corrected chi connectivity index (χ2v) is 4.88. The number of hydrogen-bond acceptors (Lipinski definition) is 4. The van der Waals surface area contributed by atoms with Gasteiger partial charge >= 0.3 is 0 Å². The van der Waals surface area contributed by atoms with Gasteiger partial charge in [-0.15, -0.1) is 0 Å². The maximum Gasteiger partial charge on any atom is 0.213 e. The van der Waals surface area contributed by atoms with Gasteiger partial charge < -0.3 is 9.42 Å². The summed E-state index contributed by atoms with van der Waals surface area (Å²) >= 11 is 0. The van der Waals surface area contributed by atoms with Crippen LogP contribution < -0.4 is 4.90 Å². The molecule has 2 aromatic rings. The van der Waals surface area contributed by atoms with Crippen molar-refractivity contribution in [3.63, 3.8) is 0 Å². The fourth-order valence-electron chi connectivity index (χ4n) is 3.08. The Morgan fingerprint density at radius 1 is 1.12 bits per heavy atom. The third-order valence-corrected chi connectivity index (χ3v) is 3.99. The van der Waals surface area contributed by atoms with E-state index in [1.165, 1.54) is 12.1 Å². The van der Waals surface area contributed by atoms with Gasteiger partial charge in [-0.05, 0) is 24.0 Å². The Hall–Kier alpha value is -1.84. The number of nitrogens with zero attached hydrogens (tertiary/aromatic N) is 3. The first kappa shape index (κ1) is 9.22. The van der Waals surface area contributed by atoms with Gasteiger partial charge in [-0.25, -0.2) is 0 Å². The van der Waals surface area contributed by atoms with Crippen LogP contribution in [-0.2, 0) is 0 Å². The summed E-state index contributed by atoms with van der Waals surface area (Å²) in [6, 6.07) is 10.6. The summed E-state index contributed by atoms with van der Waals surface area (Å²) in [5.74, 6) is 2.86. The van der Waals surface area contributed by atoms with Crippen molar-refractivity contribution >= 4 is 5.69 Å². The van der Waals surface area contributed by atoms with E-state index in [0.717, 1.165) is 18.9 Å². The van der Waals surface area contributed by atoms with E-state index in [1.54, 1.807) is 0 Å². The molecule has 1 aromatic heterocycles. The summed E-state index contributed by atoms with van der Waals surface area (Å²) in [6.45, 7) is 2.24. The molecule has 17 heavy (non-hydrogen) atoms. The van der Waals surface area contributed by atoms with Crippen LogP contribution in [0.1, 0.15) is 11.7 Å². The molecular formula is C13H13N3O. The van der Waals surface area contributed by atoms with E-state index in [-0.39, 0.29) is 0 Å². The van der Waals surface area contributed by atoms with Gasteiger partial charge in [0.15, 0.2) is 5.82 Å². The zero-order valence-corrected chi connectivity index (χ0v) is 9.36. The fourth-order valence-corrected chi connectivity index (χ4v) is 3.08. The highest BCUT2D eigenvalue weighted by atomic mass is 16.5. The highest BCUT2D eigenvalue weighted by Gasteiger charge is 2.58. The van der Waals surface area contributed by atoms with E-state index in [0.29, 0.717) is 17.8 Å². The number of aromatic nitrogens is 2. The quantitative estimate of drug-likeness (QED) is 0.786. The predicted molar refractivity (Wildman–Crippen MR) is 62.7 cm³/mol. The van der Waals surface area contributed by atoms with Gasteiger partial charge in [-0.2, -0.15) is 4.98 Å². The van der Waals surface area contributed by atoms with E-state index >= 15 is 0 Å². The minimum Gasteiger partial charge on any atom is -0.371 e. The number of hydrogen-bond donors (Lipinski definition) is 0. The van der Waals surface area contributed by atoms with Crippen molar-refractivity contribution in [2.75, 3.05) is 18.0 Å². The van der Waals surface area contributed by atoms with Gasteiger partial charge in [0.1, 0.15) is 0 Å². The molecule has 0 bridgehead atoms. The maximum atomic E-state index is 4.82. The molecule has 86 valence electrons. The van der Waals surface area contributed by atoms with Crippen LogP contribution in [0.2, 0.25) is 0 Å². The van der Waals surface area contributed by atoms with E-state index in [4.69, 9.17) is 4.52 Å². The van der Waals surface area contributed by atoms with Gasteiger partial charge in [-0.3, -0.25) is 0 Å². The van der Waals surface area contributed by atoms with Crippen LogP contribution in [-0.4, -0.2) is 23.2 Å². The largest absolute Gasteiger partial charge is 0.371 e. The first-order valence-electron chi connectivity index (χ1n) is 6.00. The normalized spacial score (nSPS) is 30.4. The number of anilines is 1. The zero-order valence-electron chi connectivity index (χ0n) is 9.36. The van der Waals surface area contributed by atoms with Crippen LogP contribution in [0.25, 0.3) is 0 Å². The Kier molecular flexibility index (Phi) is 1.80. The summed E-state index contributed by atoms with van der Waals surface area (Å²) in [6.07, 6.45) is 1.43. The van der Waals surface area contributed by atoms with Crippen molar-refractivity contribution in [3.8, 4) is 0 Å². The lowest BCUT2D eigenvalue weighted by Crippen LogP contribution is -2.23. The summed E-state index contributed by atoms with van der Waals surface area (Å²) in [5.41, 5.74) is 1.33. The molecule has 4 heteroatoms. The Bertz CT molecular complexity index is 499. The molecule has 1 aromatic carbocycles. The molecule has 0 radical (unpaired) electrons.